The molecule has 1 aliphatic heterocycles. The summed E-state index contributed by atoms with van der Waals surface area (Å²) in [5.41, 5.74) is 2.10. The van der Waals surface area contributed by atoms with Crippen LogP contribution in [0.4, 0.5) is 5.69 Å². The summed E-state index contributed by atoms with van der Waals surface area (Å²) in [7, 11) is 0. The summed E-state index contributed by atoms with van der Waals surface area (Å²) in [4.78, 5) is 21.3. The molecule has 4 rings (SSSR count). The average Bonchev–Trinajstić information content (AvgIpc) is 3.11. The first-order valence-electron chi connectivity index (χ1n) is 8.93. The lowest BCUT2D eigenvalue weighted by molar-refractivity contribution is 0.0741. The van der Waals surface area contributed by atoms with Crippen molar-refractivity contribution >= 4 is 28.8 Å². The Kier molecular flexibility index (Phi) is 4.85. The van der Waals surface area contributed by atoms with Gasteiger partial charge in [0.05, 0.1) is 12.8 Å². The molecule has 0 radical (unpaired) electrons. The van der Waals surface area contributed by atoms with Crippen LogP contribution in [0, 0.1) is 0 Å². The van der Waals surface area contributed by atoms with E-state index in [0.717, 1.165) is 23.8 Å². The SMILES string of the molecule is CCOc1ccc2nc(C(=O)N3CCN(c4cccc(Cl)c4)CC3)cn2n1. The van der Waals surface area contributed by atoms with Gasteiger partial charge in [0.15, 0.2) is 5.65 Å². The van der Waals surface area contributed by atoms with Gasteiger partial charge in [-0.2, -0.15) is 0 Å². The maximum Gasteiger partial charge on any atom is 0.274 e. The molecule has 0 spiro atoms. The number of rotatable bonds is 4. The predicted molar refractivity (Wildman–Crippen MR) is 104 cm³/mol. The van der Waals surface area contributed by atoms with Crippen molar-refractivity contribution in [1.29, 1.82) is 0 Å². The topological polar surface area (TPSA) is 63.0 Å². The van der Waals surface area contributed by atoms with Gasteiger partial charge in [-0.3, -0.25) is 4.79 Å². The smallest absolute Gasteiger partial charge is 0.274 e. The molecule has 0 N–H and O–H groups in total. The van der Waals surface area contributed by atoms with Gasteiger partial charge in [0, 0.05) is 43.0 Å². The molecule has 0 atom stereocenters. The van der Waals surface area contributed by atoms with E-state index in [-0.39, 0.29) is 5.91 Å². The van der Waals surface area contributed by atoms with E-state index in [1.54, 1.807) is 22.8 Å². The van der Waals surface area contributed by atoms with Crippen LogP contribution < -0.4 is 9.64 Å². The van der Waals surface area contributed by atoms with Gasteiger partial charge in [-0.05, 0) is 31.2 Å². The number of ether oxygens (including phenoxy) is 1. The molecule has 1 amide bonds. The number of hydrogen-bond donors (Lipinski definition) is 0. The number of hydrogen-bond acceptors (Lipinski definition) is 5. The number of anilines is 1. The summed E-state index contributed by atoms with van der Waals surface area (Å²) < 4.78 is 6.98. The normalized spacial score (nSPS) is 14.6. The Morgan fingerprint density at radius 3 is 2.74 bits per heavy atom. The number of imidazole rings is 1. The number of carbonyl (C=O) groups is 1. The maximum absolute atomic E-state index is 12.8. The lowest BCUT2D eigenvalue weighted by Crippen LogP contribution is -2.48. The van der Waals surface area contributed by atoms with Crippen LogP contribution in [0.25, 0.3) is 5.65 Å². The number of fused-ring (bicyclic) bond motifs is 1. The Hall–Kier alpha value is -2.80. The monoisotopic (exact) mass is 385 g/mol. The van der Waals surface area contributed by atoms with E-state index in [2.05, 4.69) is 15.0 Å². The molecule has 7 nitrogen and oxygen atoms in total. The molecule has 1 fully saturated rings. The van der Waals surface area contributed by atoms with E-state index in [1.807, 2.05) is 36.1 Å². The molecule has 1 aromatic carbocycles. The number of amides is 1. The summed E-state index contributed by atoms with van der Waals surface area (Å²) in [5, 5.41) is 5.03. The summed E-state index contributed by atoms with van der Waals surface area (Å²) in [6.45, 7) is 5.22. The fourth-order valence-electron chi connectivity index (χ4n) is 3.20. The predicted octanol–water partition coefficient (Wildman–Crippen LogP) is 2.74. The van der Waals surface area contributed by atoms with Crippen molar-refractivity contribution in [2.75, 3.05) is 37.7 Å². The molecule has 3 aromatic rings. The molecule has 3 heterocycles. The van der Waals surface area contributed by atoms with Crippen molar-refractivity contribution < 1.29 is 9.53 Å². The summed E-state index contributed by atoms with van der Waals surface area (Å²) in [6, 6.07) is 11.3. The van der Waals surface area contributed by atoms with Crippen molar-refractivity contribution in [2.45, 2.75) is 6.92 Å². The minimum atomic E-state index is -0.0794. The van der Waals surface area contributed by atoms with E-state index in [4.69, 9.17) is 16.3 Å². The molecule has 0 unspecified atom stereocenters. The van der Waals surface area contributed by atoms with Crippen LogP contribution in [0.3, 0.4) is 0 Å². The first-order valence-corrected chi connectivity index (χ1v) is 9.31. The molecule has 27 heavy (non-hydrogen) atoms. The Morgan fingerprint density at radius 1 is 1.19 bits per heavy atom. The Balaban J connectivity index is 1.45. The highest BCUT2D eigenvalue weighted by Crippen LogP contribution is 2.21. The Labute approximate surface area is 162 Å². The van der Waals surface area contributed by atoms with Gasteiger partial charge in [-0.15, -0.1) is 5.10 Å². The standard InChI is InChI=1S/C19H20ClN5O2/c1-2-27-18-7-6-17-21-16(13-25(17)22-18)19(26)24-10-8-23(9-11-24)15-5-3-4-14(20)12-15/h3-7,12-13H,2,8-11H2,1H3. The third kappa shape index (κ3) is 3.68. The molecular formula is C19H20ClN5O2. The zero-order valence-corrected chi connectivity index (χ0v) is 15.8. The van der Waals surface area contributed by atoms with Crippen LogP contribution in [0.2, 0.25) is 5.02 Å². The third-order valence-corrected chi connectivity index (χ3v) is 4.78. The van der Waals surface area contributed by atoms with Crippen molar-refractivity contribution in [1.82, 2.24) is 19.5 Å². The maximum atomic E-state index is 12.8. The lowest BCUT2D eigenvalue weighted by atomic mass is 10.2. The van der Waals surface area contributed by atoms with Gasteiger partial charge in [-0.25, -0.2) is 9.50 Å². The van der Waals surface area contributed by atoms with Crippen molar-refractivity contribution in [3.63, 3.8) is 0 Å². The Morgan fingerprint density at radius 2 is 2.00 bits per heavy atom. The summed E-state index contributed by atoms with van der Waals surface area (Å²) in [6.07, 6.45) is 1.66. The lowest BCUT2D eigenvalue weighted by Gasteiger charge is -2.35. The largest absolute Gasteiger partial charge is 0.477 e. The fourth-order valence-corrected chi connectivity index (χ4v) is 3.38. The second kappa shape index (κ2) is 7.44. The molecule has 8 heteroatoms. The van der Waals surface area contributed by atoms with E-state index in [1.165, 1.54) is 0 Å². The highest BCUT2D eigenvalue weighted by molar-refractivity contribution is 6.30. The van der Waals surface area contributed by atoms with Crippen molar-refractivity contribution in [3.8, 4) is 5.88 Å². The van der Waals surface area contributed by atoms with Crippen molar-refractivity contribution in [2.24, 2.45) is 0 Å². The minimum absolute atomic E-state index is 0.0794. The van der Waals surface area contributed by atoms with E-state index in [0.29, 0.717) is 36.9 Å². The second-order valence-electron chi connectivity index (χ2n) is 6.29. The van der Waals surface area contributed by atoms with Gasteiger partial charge in [0.25, 0.3) is 5.91 Å². The van der Waals surface area contributed by atoms with Gasteiger partial charge in [-0.1, -0.05) is 17.7 Å². The molecule has 1 saturated heterocycles. The van der Waals surface area contributed by atoms with Gasteiger partial charge >= 0.3 is 0 Å². The highest BCUT2D eigenvalue weighted by atomic mass is 35.5. The zero-order valence-electron chi connectivity index (χ0n) is 15.0. The van der Waals surface area contributed by atoms with Crippen LogP contribution >= 0.6 is 11.6 Å². The first-order chi connectivity index (χ1) is 13.1. The number of aromatic nitrogens is 3. The van der Waals surface area contributed by atoms with Crippen LogP contribution in [-0.2, 0) is 0 Å². The van der Waals surface area contributed by atoms with Gasteiger partial charge in [0.1, 0.15) is 5.69 Å². The number of benzene rings is 1. The summed E-state index contributed by atoms with van der Waals surface area (Å²) in [5.74, 6) is 0.431. The molecular weight excluding hydrogens is 366 g/mol. The second-order valence-corrected chi connectivity index (χ2v) is 6.73. The van der Waals surface area contributed by atoms with E-state index < -0.39 is 0 Å². The van der Waals surface area contributed by atoms with Gasteiger partial charge < -0.3 is 14.5 Å². The molecule has 0 aliphatic carbocycles. The number of piperazine rings is 1. The molecule has 2 aromatic heterocycles. The van der Waals surface area contributed by atoms with Crippen molar-refractivity contribution in [3.05, 3.63) is 53.3 Å². The zero-order chi connectivity index (χ0) is 18.8. The number of nitrogens with zero attached hydrogens (tertiary/aromatic N) is 5. The van der Waals surface area contributed by atoms with E-state index >= 15 is 0 Å². The Bertz CT molecular complexity index is 966. The number of carbonyl (C=O) groups excluding carboxylic acids is 1. The van der Waals surface area contributed by atoms with Crippen LogP contribution in [0.1, 0.15) is 17.4 Å². The third-order valence-electron chi connectivity index (χ3n) is 4.55. The highest BCUT2D eigenvalue weighted by Gasteiger charge is 2.24. The minimum Gasteiger partial charge on any atom is -0.477 e. The van der Waals surface area contributed by atoms with E-state index in [9.17, 15) is 4.79 Å². The van der Waals surface area contributed by atoms with Crippen LogP contribution in [-0.4, -0.2) is 58.2 Å². The van der Waals surface area contributed by atoms with Crippen LogP contribution in [0.5, 0.6) is 5.88 Å². The quantitative estimate of drug-likeness (QED) is 0.691. The fraction of sp³-hybridized carbons (Fsp3) is 0.316. The summed E-state index contributed by atoms with van der Waals surface area (Å²) >= 11 is 6.08. The van der Waals surface area contributed by atoms with Gasteiger partial charge in [0.2, 0.25) is 5.88 Å². The molecule has 0 bridgehead atoms. The average molecular weight is 386 g/mol. The first kappa shape index (κ1) is 17.6. The molecule has 1 aliphatic rings. The molecule has 140 valence electrons. The molecule has 0 saturated carbocycles. The number of halogens is 1. The van der Waals surface area contributed by atoms with Crippen LogP contribution in [0.15, 0.2) is 42.6 Å².